The fourth-order valence-corrected chi connectivity index (χ4v) is 3.05. The molecule has 1 aliphatic rings. The van der Waals surface area contributed by atoms with Gasteiger partial charge < -0.3 is 5.32 Å². The Labute approximate surface area is 126 Å². The van der Waals surface area contributed by atoms with Crippen molar-refractivity contribution in [2.75, 3.05) is 13.1 Å². The zero-order valence-corrected chi connectivity index (χ0v) is 12.9. The molecule has 3 heterocycles. The van der Waals surface area contributed by atoms with Gasteiger partial charge in [-0.15, -0.1) is 0 Å². The largest absolute Gasteiger partial charge is 0.317 e. The second-order valence-electron chi connectivity index (χ2n) is 6.17. The molecule has 4 heteroatoms. The van der Waals surface area contributed by atoms with Crippen LogP contribution in [-0.4, -0.2) is 27.9 Å². The van der Waals surface area contributed by atoms with Gasteiger partial charge >= 0.3 is 0 Å². The minimum atomic E-state index is 0.352. The van der Waals surface area contributed by atoms with Gasteiger partial charge in [-0.2, -0.15) is 5.10 Å². The van der Waals surface area contributed by atoms with E-state index in [1.807, 2.05) is 10.9 Å². The Morgan fingerprint density at radius 3 is 2.81 bits per heavy atom. The highest BCUT2D eigenvalue weighted by molar-refractivity contribution is 5.54. The highest BCUT2D eigenvalue weighted by Crippen LogP contribution is 2.22. The van der Waals surface area contributed by atoms with Crippen LogP contribution in [0.3, 0.4) is 0 Å². The molecule has 21 heavy (non-hydrogen) atoms. The highest BCUT2D eigenvalue weighted by atomic mass is 15.3. The van der Waals surface area contributed by atoms with Gasteiger partial charge in [-0.3, -0.25) is 9.67 Å². The predicted octanol–water partition coefficient (Wildman–Crippen LogP) is 3.07. The van der Waals surface area contributed by atoms with Crippen molar-refractivity contribution in [2.45, 2.75) is 39.2 Å². The van der Waals surface area contributed by atoms with E-state index in [0.717, 1.165) is 36.8 Å². The third kappa shape index (κ3) is 3.32. The third-order valence-electron chi connectivity index (χ3n) is 4.19. The first-order chi connectivity index (χ1) is 10.2. The second-order valence-corrected chi connectivity index (χ2v) is 6.17. The first-order valence-electron chi connectivity index (χ1n) is 7.94. The van der Waals surface area contributed by atoms with Crippen molar-refractivity contribution in [3.63, 3.8) is 0 Å². The Morgan fingerprint density at radius 2 is 2.05 bits per heavy atom. The summed E-state index contributed by atoms with van der Waals surface area (Å²) in [5, 5.41) is 7.83. The van der Waals surface area contributed by atoms with Crippen LogP contribution < -0.4 is 5.32 Å². The van der Waals surface area contributed by atoms with Crippen LogP contribution in [-0.2, 0) is 6.42 Å². The van der Waals surface area contributed by atoms with Crippen LogP contribution in [0.1, 0.15) is 38.4 Å². The van der Waals surface area contributed by atoms with Crippen LogP contribution in [0.2, 0.25) is 0 Å². The van der Waals surface area contributed by atoms with Crippen molar-refractivity contribution < 1.29 is 0 Å². The standard InChI is InChI=1S/C17H24N4/c1-13(2)21-17(8-11-19-21)16-5-3-4-15(20-16)12-14-6-9-18-10-7-14/h3-5,8,11,13-14,18H,6-7,9-10,12H2,1-2H3. The summed E-state index contributed by atoms with van der Waals surface area (Å²) >= 11 is 0. The third-order valence-corrected chi connectivity index (χ3v) is 4.19. The van der Waals surface area contributed by atoms with Crippen molar-refractivity contribution in [3.05, 3.63) is 36.2 Å². The minimum absolute atomic E-state index is 0.352. The smallest absolute Gasteiger partial charge is 0.0886 e. The topological polar surface area (TPSA) is 42.7 Å². The van der Waals surface area contributed by atoms with Gasteiger partial charge in [-0.25, -0.2) is 0 Å². The van der Waals surface area contributed by atoms with Gasteiger partial charge in [0, 0.05) is 17.9 Å². The maximum absolute atomic E-state index is 4.87. The summed E-state index contributed by atoms with van der Waals surface area (Å²) < 4.78 is 2.04. The Balaban J connectivity index is 1.80. The summed E-state index contributed by atoms with van der Waals surface area (Å²) in [5.74, 6) is 0.768. The molecule has 0 aliphatic carbocycles. The number of rotatable bonds is 4. The molecule has 3 rings (SSSR count). The summed E-state index contributed by atoms with van der Waals surface area (Å²) in [6.45, 7) is 6.58. The predicted molar refractivity (Wildman–Crippen MR) is 85.1 cm³/mol. The Morgan fingerprint density at radius 1 is 1.24 bits per heavy atom. The zero-order chi connectivity index (χ0) is 14.7. The van der Waals surface area contributed by atoms with Gasteiger partial charge in [0.2, 0.25) is 0 Å². The first kappa shape index (κ1) is 14.3. The Hall–Kier alpha value is -1.68. The monoisotopic (exact) mass is 284 g/mol. The quantitative estimate of drug-likeness (QED) is 0.938. The molecule has 0 amide bonds. The summed E-state index contributed by atoms with van der Waals surface area (Å²) in [5.41, 5.74) is 3.35. The number of aromatic nitrogens is 3. The zero-order valence-electron chi connectivity index (χ0n) is 12.9. The normalized spacial score (nSPS) is 16.5. The van der Waals surface area contributed by atoms with Gasteiger partial charge in [0.1, 0.15) is 0 Å². The maximum Gasteiger partial charge on any atom is 0.0886 e. The fraction of sp³-hybridized carbons (Fsp3) is 0.529. The number of piperidine rings is 1. The van der Waals surface area contributed by atoms with E-state index < -0.39 is 0 Å². The lowest BCUT2D eigenvalue weighted by Gasteiger charge is -2.22. The number of pyridine rings is 1. The van der Waals surface area contributed by atoms with E-state index >= 15 is 0 Å². The van der Waals surface area contributed by atoms with E-state index in [1.54, 1.807) is 0 Å². The molecular weight excluding hydrogens is 260 g/mol. The van der Waals surface area contributed by atoms with Gasteiger partial charge in [-0.05, 0) is 70.3 Å². The van der Waals surface area contributed by atoms with Crippen molar-refractivity contribution >= 4 is 0 Å². The summed E-state index contributed by atoms with van der Waals surface area (Å²) in [6, 6.07) is 8.76. The van der Waals surface area contributed by atoms with E-state index in [9.17, 15) is 0 Å². The van der Waals surface area contributed by atoms with Gasteiger partial charge in [0.15, 0.2) is 0 Å². The minimum Gasteiger partial charge on any atom is -0.317 e. The van der Waals surface area contributed by atoms with Gasteiger partial charge in [0.05, 0.1) is 11.4 Å². The molecule has 4 nitrogen and oxygen atoms in total. The van der Waals surface area contributed by atoms with Crippen LogP contribution in [0, 0.1) is 5.92 Å². The van der Waals surface area contributed by atoms with Crippen LogP contribution in [0.25, 0.3) is 11.4 Å². The number of nitrogens with one attached hydrogen (secondary N) is 1. The molecular formula is C17H24N4. The van der Waals surface area contributed by atoms with Crippen LogP contribution >= 0.6 is 0 Å². The average molecular weight is 284 g/mol. The summed E-state index contributed by atoms with van der Waals surface area (Å²) in [4.78, 5) is 4.87. The van der Waals surface area contributed by atoms with Crippen molar-refractivity contribution in [2.24, 2.45) is 5.92 Å². The number of hydrogen-bond donors (Lipinski definition) is 1. The number of hydrogen-bond acceptors (Lipinski definition) is 3. The average Bonchev–Trinajstić information content (AvgIpc) is 2.98. The summed E-state index contributed by atoms with van der Waals surface area (Å²) in [7, 11) is 0. The molecule has 2 aromatic rings. The molecule has 1 aliphatic heterocycles. The lowest BCUT2D eigenvalue weighted by molar-refractivity contribution is 0.370. The molecule has 2 aromatic heterocycles. The molecule has 112 valence electrons. The molecule has 0 saturated carbocycles. The fourth-order valence-electron chi connectivity index (χ4n) is 3.05. The SMILES string of the molecule is CC(C)n1nccc1-c1cccc(CC2CCNCC2)n1. The maximum atomic E-state index is 4.87. The highest BCUT2D eigenvalue weighted by Gasteiger charge is 2.15. The van der Waals surface area contributed by atoms with E-state index in [-0.39, 0.29) is 0 Å². The van der Waals surface area contributed by atoms with Crippen LogP contribution in [0.15, 0.2) is 30.5 Å². The molecule has 0 radical (unpaired) electrons. The molecule has 1 N–H and O–H groups in total. The Kier molecular flexibility index (Phi) is 4.34. The first-order valence-corrected chi connectivity index (χ1v) is 7.94. The lowest BCUT2D eigenvalue weighted by atomic mass is 9.93. The molecule has 0 bridgehead atoms. The lowest BCUT2D eigenvalue weighted by Crippen LogP contribution is -2.28. The van der Waals surface area contributed by atoms with E-state index in [0.29, 0.717) is 6.04 Å². The molecule has 0 spiro atoms. The Bertz CT molecular complexity index is 582. The van der Waals surface area contributed by atoms with Crippen LogP contribution in [0.4, 0.5) is 0 Å². The number of nitrogens with zero attached hydrogens (tertiary/aromatic N) is 3. The van der Waals surface area contributed by atoms with Crippen molar-refractivity contribution in [1.29, 1.82) is 0 Å². The van der Waals surface area contributed by atoms with Gasteiger partial charge in [0.25, 0.3) is 0 Å². The molecule has 1 saturated heterocycles. The van der Waals surface area contributed by atoms with Crippen molar-refractivity contribution in [1.82, 2.24) is 20.1 Å². The second kappa shape index (κ2) is 6.39. The molecule has 0 atom stereocenters. The molecule has 1 fully saturated rings. The summed E-state index contributed by atoms with van der Waals surface area (Å²) in [6.07, 6.45) is 5.47. The van der Waals surface area contributed by atoms with Crippen molar-refractivity contribution in [3.8, 4) is 11.4 Å². The molecule has 0 aromatic carbocycles. The van der Waals surface area contributed by atoms with E-state index in [2.05, 4.69) is 48.5 Å². The van der Waals surface area contributed by atoms with Gasteiger partial charge in [-0.1, -0.05) is 6.07 Å². The van der Waals surface area contributed by atoms with E-state index in [1.165, 1.54) is 18.5 Å². The van der Waals surface area contributed by atoms with E-state index in [4.69, 9.17) is 4.98 Å². The molecule has 0 unspecified atom stereocenters. The van der Waals surface area contributed by atoms with Crippen LogP contribution in [0.5, 0.6) is 0 Å².